The van der Waals surface area contributed by atoms with Crippen molar-refractivity contribution in [2.75, 3.05) is 12.4 Å². The molecule has 0 unspecified atom stereocenters. The molecule has 0 aliphatic carbocycles. The van der Waals surface area contributed by atoms with Gasteiger partial charge in [-0.1, -0.05) is 30.3 Å². The average Bonchev–Trinajstić information content (AvgIpc) is 2.53. The molecule has 0 saturated carbocycles. The monoisotopic (exact) mass is 376 g/mol. The first-order valence-corrected chi connectivity index (χ1v) is 9.65. The number of methoxy groups -OCH3 is 1. The van der Waals surface area contributed by atoms with E-state index in [9.17, 15) is 13.2 Å². The first kappa shape index (κ1) is 19.9. The molecule has 2 aromatic carbocycles. The molecule has 2 N–H and O–H groups in total. The zero-order chi connectivity index (χ0) is 19.4. The molecule has 0 radical (unpaired) electrons. The molecule has 0 fully saturated rings. The Morgan fingerprint density at radius 1 is 1.12 bits per heavy atom. The fourth-order valence-corrected chi connectivity index (χ4v) is 4.14. The summed E-state index contributed by atoms with van der Waals surface area (Å²) in [6, 6.07) is 14.0. The van der Waals surface area contributed by atoms with E-state index in [-0.39, 0.29) is 10.8 Å². The Labute approximate surface area is 154 Å². The van der Waals surface area contributed by atoms with Crippen molar-refractivity contribution in [2.45, 2.75) is 37.6 Å². The molecule has 6 nitrogen and oxygen atoms in total. The second kappa shape index (κ2) is 7.88. The number of hydrogen-bond acceptors (Lipinski definition) is 4. The highest BCUT2D eigenvalue weighted by molar-refractivity contribution is 7.89. The van der Waals surface area contributed by atoms with Crippen molar-refractivity contribution < 1.29 is 17.9 Å². The van der Waals surface area contributed by atoms with Gasteiger partial charge in [0.2, 0.25) is 15.9 Å². The summed E-state index contributed by atoms with van der Waals surface area (Å²) in [6.45, 7) is 5.01. The van der Waals surface area contributed by atoms with Crippen LogP contribution in [0, 0.1) is 0 Å². The van der Waals surface area contributed by atoms with Crippen molar-refractivity contribution in [1.82, 2.24) is 4.72 Å². The van der Waals surface area contributed by atoms with E-state index in [1.165, 1.54) is 32.2 Å². The third-order valence-corrected chi connectivity index (χ3v) is 5.39. The van der Waals surface area contributed by atoms with E-state index in [0.29, 0.717) is 17.9 Å². The molecular weight excluding hydrogens is 352 g/mol. The number of hydrogen-bond donors (Lipinski definition) is 2. The van der Waals surface area contributed by atoms with Crippen molar-refractivity contribution in [3.8, 4) is 5.75 Å². The smallest absolute Gasteiger partial charge is 0.241 e. The van der Waals surface area contributed by atoms with Crippen molar-refractivity contribution in [3.05, 3.63) is 54.1 Å². The van der Waals surface area contributed by atoms with Gasteiger partial charge in [-0.15, -0.1) is 0 Å². The molecule has 0 aliphatic rings. The fraction of sp³-hybridized carbons (Fsp3) is 0.316. The van der Waals surface area contributed by atoms with Gasteiger partial charge < -0.3 is 10.1 Å². The summed E-state index contributed by atoms with van der Waals surface area (Å²) in [5.74, 6) is 0.0814. The lowest BCUT2D eigenvalue weighted by Gasteiger charge is -2.26. The van der Waals surface area contributed by atoms with Crippen molar-refractivity contribution in [2.24, 2.45) is 0 Å². The van der Waals surface area contributed by atoms with Crippen molar-refractivity contribution >= 4 is 21.6 Å². The molecule has 0 atom stereocenters. The van der Waals surface area contributed by atoms with Gasteiger partial charge in [-0.25, -0.2) is 13.1 Å². The van der Waals surface area contributed by atoms with Gasteiger partial charge in [-0.05, 0) is 44.0 Å². The van der Waals surface area contributed by atoms with Gasteiger partial charge in [0.15, 0.2) is 0 Å². The molecule has 0 spiro atoms. The molecular formula is C19H24N2O4S. The van der Waals surface area contributed by atoms with Crippen molar-refractivity contribution in [1.29, 1.82) is 0 Å². The molecule has 0 saturated heterocycles. The molecule has 2 rings (SSSR count). The number of carbonyl (C=O) groups is 1. The summed E-state index contributed by atoms with van der Waals surface area (Å²) in [5.41, 5.74) is 0.659. The van der Waals surface area contributed by atoms with Crippen LogP contribution < -0.4 is 14.8 Å². The number of benzene rings is 2. The molecule has 0 heterocycles. The summed E-state index contributed by atoms with van der Waals surface area (Å²) in [6.07, 6.45) is 0.543. The van der Waals surface area contributed by atoms with Gasteiger partial charge >= 0.3 is 0 Å². The van der Waals surface area contributed by atoms with E-state index in [1.54, 1.807) is 0 Å². The summed E-state index contributed by atoms with van der Waals surface area (Å²) >= 11 is 0. The van der Waals surface area contributed by atoms with Crippen LogP contribution in [0.1, 0.15) is 26.3 Å². The summed E-state index contributed by atoms with van der Waals surface area (Å²) in [4.78, 5) is 11.4. The van der Waals surface area contributed by atoms with E-state index in [4.69, 9.17) is 4.74 Å². The highest BCUT2D eigenvalue weighted by atomic mass is 32.2. The predicted octanol–water partition coefficient (Wildman–Crippen LogP) is 2.95. The number of anilines is 1. The second-order valence-electron chi connectivity index (χ2n) is 6.70. The first-order valence-electron chi connectivity index (χ1n) is 8.16. The molecule has 26 heavy (non-hydrogen) atoms. The highest BCUT2D eigenvalue weighted by Crippen LogP contribution is 2.28. The molecule has 2 aromatic rings. The Morgan fingerprint density at radius 2 is 1.77 bits per heavy atom. The predicted molar refractivity (Wildman–Crippen MR) is 102 cm³/mol. The number of amides is 1. The van der Waals surface area contributed by atoms with Crippen LogP contribution in [0.2, 0.25) is 0 Å². The van der Waals surface area contributed by atoms with Crippen LogP contribution in [0.4, 0.5) is 5.69 Å². The largest absolute Gasteiger partial charge is 0.495 e. The number of carbonyl (C=O) groups excluding carboxylic acids is 1. The SMILES string of the molecule is COc1ccc(S(=O)(=O)NC(C)(C)Cc2ccccc2)cc1NC(C)=O. The van der Waals surface area contributed by atoms with Gasteiger partial charge in [-0.3, -0.25) is 4.79 Å². The summed E-state index contributed by atoms with van der Waals surface area (Å²) in [5, 5.41) is 2.58. The number of rotatable bonds is 7. The molecule has 140 valence electrons. The standard InChI is InChI=1S/C19H24N2O4S/c1-14(22)20-17-12-16(10-11-18(17)25-4)26(23,24)21-19(2,3)13-15-8-6-5-7-9-15/h5-12,21H,13H2,1-4H3,(H,20,22). The fourth-order valence-electron chi connectivity index (χ4n) is 2.71. The normalized spacial score (nSPS) is 11.8. The van der Waals surface area contributed by atoms with Gasteiger partial charge in [0, 0.05) is 12.5 Å². The summed E-state index contributed by atoms with van der Waals surface area (Å²) in [7, 11) is -2.32. The van der Waals surface area contributed by atoms with E-state index in [1.807, 2.05) is 44.2 Å². The molecule has 0 aliphatic heterocycles. The quantitative estimate of drug-likeness (QED) is 0.778. The Kier molecular flexibility index (Phi) is 6.05. The van der Waals surface area contributed by atoms with Gasteiger partial charge in [0.1, 0.15) is 5.75 Å². The van der Waals surface area contributed by atoms with E-state index < -0.39 is 15.6 Å². The zero-order valence-electron chi connectivity index (χ0n) is 15.4. The van der Waals surface area contributed by atoms with Gasteiger partial charge in [0.05, 0.1) is 17.7 Å². The van der Waals surface area contributed by atoms with Gasteiger partial charge in [-0.2, -0.15) is 0 Å². The number of nitrogens with one attached hydrogen (secondary N) is 2. The van der Waals surface area contributed by atoms with E-state index >= 15 is 0 Å². The van der Waals surface area contributed by atoms with Crippen LogP contribution in [0.25, 0.3) is 0 Å². The molecule has 7 heteroatoms. The minimum atomic E-state index is -3.78. The lowest BCUT2D eigenvalue weighted by atomic mass is 9.96. The second-order valence-corrected chi connectivity index (χ2v) is 8.38. The molecule has 0 aromatic heterocycles. The molecule has 0 bridgehead atoms. The minimum Gasteiger partial charge on any atom is -0.495 e. The lowest BCUT2D eigenvalue weighted by molar-refractivity contribution is -0.114. The average molecular weight is 376 g/mol. The van der Waals surface area contributed by atoms with Crippen LogP contribution >= 0.6 is 0 Å². The number of ether oxygens (including phenoxy) is 1. The summed E-state index contributed by atoms with van der Waals surface area (Å²) < 4.78 is 33.5. The minimum absolute atomic E-state index is 0.0585. The van der Waals surface area contributed by atoms with Crippen LogP contribution in [0.3, 0.4) is 0 Å². The third-order valence-electron chi connectivity index (χ3n) is 3.69. The Balaban J connectivity index is 2.27. The maximum absolute atomic E-state index is 12.8. The maximum atomic E-state index is 12.8. The first-order chi connectivity index (χ1) is 12.1. The lowest BCUT2D eigenvalue weighted by Crippen LogP contribution is -2.45. The van der Waals surface area contributed by atoms with E-state index in [0.717, 1.165) is 5.56 Å². The van der Waals surface area contributed by atoms with Crippen LogP contribution in [-0.2, 0) is 21.2 Å². The highest BCUT2D eigenvalue weighted by Gasteiger charge is 2.27. The Hall–Kier alpha value is -2.38. The number of sulfonamides is 1. The van der Waals surface area contributed by atoms with E-state index in [2.05, 4.69) is 10.0 Å². The van der Waals surface area contributed by atoms with Crippen molar-refractivity contribution in [3.63, 3.8) is 0 Å². The topological polar surface area (TPSA) is 84.5 Å². The third kappa shape index (κ3) is 5.31. The van der Waals surface area contributed by atoms with Crippen LogP contribution in [0.5, 0.6) is 5.75 Å². The molecule has 1 amide bonds. The van der Waals surface area contributed by atoms with Crippen LogP contribution in [-0.4, -0.2) is 27.0 Å². The Bertz CT molecular complexity index is 878. The zero-order valence-corrected chi connectivity index (χ0v) is 16.2. The van der Waals surface area contributed by atoms with Crippen LogP contribution in [0.15, 0.2) is 53.4 Å². The van der Waals surface area contributed by atoms with Gasteiger partial charge in [0.25, 0.3) is 0 Å². The maximum Gasteiger partial charge on any atom is 0.241 e. The Morgan fingerprint density at radius 3 is 2.35 bits per heavy atom.